The van der Waals surface area contributed by atoms with Gasteiger partial charge in [0.2, 0.25) is 0 Å². The highest BCUT2D eigenvalue weighted by Gasteiger charge is 2.06. The first-order valence-electron chi connectivity index (χ1n) is 4.90. The molecule has 0 fully saturated rings. The van der Waals surface area contributed by atoms with E-state index in [1.54, 1.807) is 27.9 Å². The number of carboxylic acids is 1. The van der Waals surface area contributed by atoms with Gasteiger partial charge >= 0.3 is 5.97 Å². The fourth-order valence-electron chi connectivity index (χ4n) is 1.39. The van der Waals surface area contributed by atoms with Crippen LogP contribution >= 0.6 is 0 Å². The van der Waals surface area contributed by atoms with Crippen LogP contribution in [0, 0.1) is 0 Å². The second-order valence-electron chi connectivity index (χ2n) is 3.49. The Hall–Kier alpha value is -2.11. The smallest absolute Gasteiger partial charge is 0.305 e. The van der Waals surface area contributed by atoms with Gasteiger partial charge in [-0.25, -0.2) is 9.50 Å². The number of rotatable bonds is 4. The summed E-state index contributed by atoms with van der Waals surface area (Å²) in [6.07, 6.45) is 3.57. The molecule has 2 aromatic rings. The van der Waals surface area contributed by atoms with Crippen LogP contribution in [0.15, 0.2) is 24.5 Å². The third-order valence-corrected chi connectivity index (χ3v) is 2.30. The van der Waals surface area contributed by atoms with Crippen molar-refractivity contribution in [2.24, 2.45) is 0 Å². The predicted octanol–water partition coefficient (Wildman–Crippen LogP) is 0.640. The predicted molar refractivity (Wildman–Crippen MR) is 58.5 cm³/mol. The van der Waals surface area contributed by atoms with Crippen LogP contribution in [0.1, 0.15) is 6.42 Å². The summed E-state index contributed by atoms with van der Waals surface area (Å²) < 4.78 is 1.66. The Kier molecular flexibility index (Phi) is 2.72. The Morgan fingerprint density at radius 3 is 3.12 bits per heavy atom. The minimum Gasteiger partial charge on any atom is -0.481 e. The van der Waals surface area contributed by atoms with Crippen LogP contribution in [0.25, 0.3) is 5.65 Å². The molecule has 2 heterocycles. The Balaban J connectivity index is 2.15. The molecule has 0 aliphatic carbocycles. The Bertz CT molecular complexity index is 508. The third-order valence-electron chi connectivity index (χ3n) is 2.30. The number of anilines is 1. The van der Waals surface area contributed by atoms with Gasteiger partial charge in [0.1, 0.15) is 5.82 Å². The minimum atomic E-state index is -0.808. The first-order valence-corrected chi connectivity index (χ1v) is 4.90. The van der Waals surface area contributed by atoms with Gasteiger partial charge in [-0.1, -0.05) is 0 Å². The highest BCUT2D eigenvalue weighted by atomic mass is 16.4. The number of fused-ring (bicyclic) bond motifs is 1. The van der Waals surface area contributed by atoms with Crippen molar-refractivity contribution in [3.63, 3.8) is 0 Å². The van der Waals surface area contributed by atoms with Gasteiger partial charge in [-0.3, -0.25) is 4.79 Å². The molecule has 0 atom stereocenters. The van der Waals surface area contributed by atoms with Crippen LogP contribution in [0.3, 0.4) is 0 Å². The van der Waals surface area contributed by atoms with Crippen molar-refractivity contribution in [1.29, 1.82) is 0 Å². The molecule has 6 heteroatoms. The van der Waals surface area contributed by atoms with Crippen LogP contribution in [-0.2, 0) is 4.79 Å². The maximum atomic E-state index is 10.4. The number of carbonyl (C=O) groups is 1. The molecule has 0 amide bonds. The summed E-state index contributed by atoms with van der Waals surface area (Å²) in [5.74, 6) is -0.0634. The quantitative estimate of drug-likeness (QED) is 0.818. The molecule has 0 saturated heterocycles. The molecule has 6 nitrogen and oxygen atoms in total. The second-order valence-corrected chi connectivity index (χ2v) is 3.49. The van der Waals surface area contributed by atoms with E-state index in [-0.39, 0.29) is 6.42 Å². The second kappa shape index (κ2) is 4.18. The lowest BCUT2D eigenvalue weighted by Gasteiger charge is -2.16. The van der Waals surface area contributed by atoms with E-state index in [2.05, 4.69) is 10.1 Å². The van der Waals surface area contributed by atoms with E-state index in [0.717, 1.165) is 11.5 Å². The monoisotopic (exact) mass is 220 g/mol. The number of nitrogens with zero attached hydrogens (tertiary/aromatic N) is 4. The van der Waals surface area contributed by atoms with Crippen molar-refractivity contribution in [2.45, 2.75) is 6.42 Å². The summed E-state index contributed by atoms with van der Waals surface area (Å²) in [4.78, 5) is 16.6. The minimum absolute atomic E-state index is 0.0998. The van der Waals surface area contributed by atoms with Crippen LogP contribution in [0.2, 0.25) is 0 Å². The van der Waals surface area contributed by atoms with Crippen LogP contribution < -0.4 is 4.90 Å². The van der Waals surface area contributed by atoms with Gasteiger partial charge in [-0.05, 0) is 6.07 Å². The summed E-state index contributed by atoms with van der Waals surface area (Å²) >= 11 is 0. The van der Waals surface area contributed by atoms with E-state index < -0.39 is 5.97 Å². The van der Waals surface area contributed by atoms with Gasteiger partial charge in [-0.2, -0.15) is 5.10 Å². The lowest BCUT2D eigenvalue weighted by molar-refractivity contribution is -0.136. The average molecular weight is 220 g/mol. The van der Waals surface area contributed by atoms with Gasteiger partial charge in [0.15, 0.2) is 5.65 Å². The number of hydrogen-bond donors (Lipinski definition) is 1. The van der Waals surface area contributed by atoms with Crippen LogP contribution in [0.5, 0.6) is 0 Å². The van der Waals surface area contributed by atoms with E-state index in [9.17, 15) is 4.79 Å². The number of aromatic nitrogens is 3. The fourth-order valence-corrected chi connectivity index (χ4v) is 1.39. The lowest BCUT2D eigenvalue weighted by Crippen LogP contribution is -2.22. The summed E-state index contributed by atoms with van der Waals surface area (Å²) in [6.45, 7) is 0.437. The molecule has 16 heavy (non-hydrogen) atoms. The third kappa shape index (κ3) is 2.10. The standard InChI is InChI=1S/C10H12N4O2/c1-13(6-4-10(15)16)8-3-7-14-9(12-8)2-5-11-14/h2-3,5,7H,4,6H2,1H3,(H,15,16). The van der Waals surface area contributed by atoms with Gasteiger partial charge in [0.25, 0.3) is 0 Å². The Labute approximate surface area is 92.1 Å². The van der Waals surface area contributed by atoms with Crippen molar-refractivity contribution in [1.82, 2.24) is 14.6 Å². The van der Waals surface area contributed by atoms with Crippen molar-refractivity contribution in [3.8, 4) is 0 Å². The van der Waals surface area contributed by atoms with Gasteiger partial charge < -0.3 is 10.0 Å². The summed E-state index contributed by atoms with van der Waals surface area (Å²) in [7, 11) is 1.82. The summed E-state index contributed by atoms with van der Waals surface area (Å²) in [5, 5.41) is 12.6. The van der Waals surface area contributed by atoms with Gasteiger partial charge in [-0.15, -0.1) is 0 Å². The molecular formula is C10H12N4O2. The van der Waals surface area contributed by atoms with E-state index in [0.29, 0.717) is 6.54 Å². The molecule has 0 bridgehead atoms. The van der Waals surface area contributed by atoms with Crippen LogP contribution in [-0.4, -0.2) is 39.3 Å². The zero-order valence-corrected chi connectivity index (χ0v) is 8.87. The molecule has 0 aliphatic rings. The first-order chi connectivity index (χ1) is 7.66. The highest BCUT2D eigenvalue weighted by Crippen LogP contribution is 2.10. The van der Waals surface area contributed by atoms with E-state index in [1.165, 1.54) is 0 Å². The SMILES string of the molecule is CN(CCC(=O)O)c1ccn2nccc2n1. The molecule has 0 aliphatic heterocycles. The molecule has 0 unspecified atom stereocenters. The first kappa shape index (κ1) is 10.4. The Morgan fingerprint density at radius 2 is 2.38 bits per heavy atom. The average Bonchev–Trinajstić information content (AvgIpc) is 2.72. The molecule has 0 aromatic carbocycles. The van der Waals surface area contributed by atoms with E-state index in [4.69, 9.17) is 5.11 Å². The number of carboxylic acid groups (broad SMARTS) is 1. The molecule has 84 valence electrons. The number of hydrogen-bond acceptors (Lipinski definition) is 4. The van der Waals surface area contributed by atoms with Gasteiger partial charge in [0, 0.05) is 25.9 Å². The molecule has 2 aromatic heterocycles. The maximum absolute atomic E-state index is 10.4. The van der Waals surface area contributed by atoms with Crippen molar-refractivity contribution in [2.75, 3.05) is 18.5 Å². The van der Waals surface area contributed by atoms with Crippen molar-refractivity contribution in [3.05, 3.63) is 24.5 Å². The molecule has 1 N–H and O–H groups in total. The zero-order chi connectivity index (χ0) is 11.5. The van der Waals surface area contributed by atoms with E-state index >= 15 is 0 Å². The molecule has 0 radical (unpaired) electrons. The topological polar surface area (TPSA) is 70.7 Å². The van der Waals surface area contributed by atoms with Gasteiger partial charge in [0.05, 0.1) is 12.6 Å². The lowest BCUT2D eigenvalue weighted by atomic mass is 10.4. The fraction of sp³-hybridized carbons (Fsp3) is 0.300. The number of aliphatic carboxylic acids is 1. The molecule has 0 saturated carbocycles. The molecular weight excluding hydrogens is 208 g/mol. The molecule has 0 spiro atoms. The Morgan fingerprint density at radius 1 is 1.56 bits per heavy atom. The zero-order valence-electron chi connectivity index (χ0n) is 8.87. The molecule has 2 rings (SSSR count). The van der Waals surface area contributed by atoms with Crippen molar-refractivity contribution >= 4 is 17.4 Å². The summed E-state index contributed by atoms with van der Waals surface area (Å²) in [5.41, 5.74) is 0.750. The highest BCUT2D eigenvalue weighted by molar-refractivity contribution is 5.67. The van der Waals surface area contributed by atoms with Crippen molar-refractivity contribution < 1.29 is 9.90 Å². The van der Waals surface area contributed by atoms with Crippen LogP contribution in [0.4, 0.5) is 5.82 Å². The largest absolute Gasteiger partial charge is 0.481 e. The van der Waals surface area contributed by atoms with E-state index in [1.807, 2.05) is 13.1 Å². The maximum Gasteiger partial charge on any atom is 0.305 e. The summed E-state index contributed by atoms with van der Waals surface area (Å²) in [6, 6.07) is 3.61. The normalized spacial score (nSPS) is 10.6.